The van der Waals surface area contributed by atoms with E-state index in [1.807, 2.05) is 13.8 Å². The molecule has 3 heteroatoms. The predicted octanol–water partition coefficient (Wildman–Crippen LogP) is 4.65. The Bertz CT molecular complexity index is 592. The Kier molecular flexibility index (Phi) is 4.17. The minimum atomic E-state index is 0.482. The Morgan fingerprint density at radius 2 is 1.95 bits per heavy atom. The zero-order chi connectivity index (χ0) is 14.9. The Balaban J connectivity index is 2.72. The van der Waals surface area contributed by atoms with E-state index < -0.39 is 0 Å². The van der Waals surface area contributed by atoms with Crippen molar-refractivity contribution in [3.63, 3.8) is 0 Å². The van der Waals surface area contributed by atoms with Crippen molar-refractivity contribution >= 4 is 0 Å². The third-order valence-corrected chi connectivity index (χ3v) is 3.77. The van der Waals surface area contributed by atoms with E-state index in [4.69, 9.17) is 9.26 Å². The molecule has 0 saturated carbocycles. The van der Waals surface area contributed by atoms with Crippen molar-refractivity contribution in [3.05, 3.63) is 34.7 Å². The van der Waals surface area contributed by atoms with E-state index in [1.54, 1.807) is 7.11 Å². The van der Waals surface area contributed by atoms with Crippen LogP contribution in [-0.2, 0) is 6.42 Å². The topological polar surface area (TPSA) is 35.3 Å². The van der Waals surface area contributed by atoms with Crippen LogP contribution in [0.25, 0.3) is 11.1 Å². The lowest BCUT2D eigenvalue weighted by Crippen LogP contribution is -1.99. The van der Waals surface area contributed by atoms with Gasteiger partial charge in [-0.1, -0.05) is 25.9 Å². The molecule has 0 saturated heterocycles. The van der Waals surface area contributed by atoms with Gasteiger partial charge in [0, 0.05) is 5.56 Å². The molecular weight excluding hydrogens is 250 g/mol. The van der Waals surface area contributed by atoms with Crippen LogP contribution in [0.5, 0.6) is 5.75 Å². The SMILES string of the molecule is CCc1cc(OC)c(-c2c(C)noc2C)cc1C(C)C. The number of nitrogens with zero attached hydrogens (tertiary/aromatic N) is 1. The summed E-state index contributed by atoms with van der Waals surface area (Å²) in [4.78, 5) is 0. The second-order valence-electron chi connectivity index (χ2n) is 5.46. The van der Waals surface area contributed by atoms with Gasteiger partial charge in [0.25, 0.3) is 0 Å². The van der Waals surface area contributed by atoms with E-state index in [2.05, 4.69) is 38.1 Å². The summed E-state index contributed by atoms with van der Waals surface area (Å²) < 4.78 is 10.9. The van der Waals surface area contributed by atoms with Gasteiger partial charge in [0.05, 0.1) is 18.4 Å². The van der Waals surface area contributed by atoms with E-state index in [0.717, 1.165) is 34.8 Å². The van der Waals surface area contributed by atoms with Crippen LogP contribution in [-0.4, -0.2) is 12.3 Å². The fourth-order valence-electron chi connectivity index (χ4n) is 2.71. The molecule has 0 spiro atoms. The highest BCUT2D eigenvalue weighted by molar-refractivity contribution is 5.75. The summed E-state index contributed by atoms with van der Waals surface area (Å²) in [7, 11) is 1.71. The van der Waals surface area contributed by atoms with Gasteiger partial charge in [-0.15, -0.1) is 0 Å². The van der Waals surface area contributed by atoms with Crippen molar-refractivity contribution < 1.29 is 9.26 Å². The Morgan fingerprint density at radius 3 is 2.40 bits per heavy atom. The summed E-state index contributed by atoms with van der Waals surface area (Å²) in [6.45, 7) is 10.5. The Hall–Kier alpha value is -1.77. The lowest BCUT2D eigenvalue weighted by molar-refractivity contribution is 0.393. The molecular formula is C17H23NO2. The third kappa shape index (κ3) is 2.45. The maximum absolute atomic E-state index is 5.59. The maximum Gasteiger partial charge on any atom is 0.141 e. The van der Waals surface area contributed by atoms with Crippen molar-refractivity contribution in [1.29, 1.82) is 0 Å². The average Bonchev–Trinajstić information content (AvgIpc) is 2.76. The van der Waals surface area contributed by atoms with E-state index >= 15 is 0 Å². The molecule has 0 aliphatic carbocycles. The smallest absolute Gasteiger partial charge is 0.141 e. The molecule has 3 nitrogen and oxygen atoms in total. The number of ether oxygens (including phenoxy) is 1. The summed E-state index contributed by atoms with van der Waals surface area (Å²) in [6.07, 6.45) is 1.01. The first kappa shape index (κ1) is 14.6. The largest absolute Gasteiger partial charge is 0.496 e. The lowest BCUT2D eigenvalue weighted by Gasteiger charge is -2.17. The number of aryl methyl sites for hydroxylation is 3. The second kappa shape index (κ2) is 5.70. The number of aromatic nitrogens is 1. The van der Waals surface area contributed by atoms with Crippen molar-refractivity contribution in [2.75, 3.05) is 7.11 Å². The van der Waals surface area contributed by atoms with Crippen LogP contribution >= 0.6 is 0 Å². The molecule has 1 aromatic heterocycles. The number of hydrogen-bond donors (Lipinski definition) is 0. The van der Waals surface area contributed by atoms with Crippen molar-refractivity contribution in [1.82, 2.24) is 5.16 Å². The van der Waals surface area contributed by atoms with Gasteiger partial charge < -0.3 is 9.26 Å². The molecule has 0 aliphatic rings. The summed E-state index contributed by atoms with van der Waals surface area (Å²) in [6, 6.07) is 4.38. The van der Waals surface area contributed by atoms with Crippen LogP contribution in [0.2, 0.25) is 0 Å². The summed E-state index contributed by atoms with van der Waals surface area (Å²) in [5.74, 6) is 2.20. The maximum atomic E-state index is 5.59. The molecule has 1 aromatic carbocycles. The minimum absolute atomic E-state index is 0.482. The lowest BCUT2D eigenvalue weighted by atomic mass is 9.90. The molecule has 0 fully saturated rings. The van der Waals surface area contributed by atoms with E-state index in [-0.39, 0.29) is 0 Å². The standard InChI is InChI=1S/C17H23NO2/c1-7-13-8-16(19-6)15(9-14(13)10(2)3)17-11(4)18-20-12(17)5/h8-10H,7H2,1-6H3. The zero-order valence-electron chi connectivity index (χ0n) is 13.2. The highest BCUT2D eigenvalue weighted by atomic mass is 16.5. The van der Waals surface area contributed by atoms with Crippen LogP contribution < -0.4 is 4.74 Å². The molecule has 0 atom stereocenters. The summed E-state index contributed by atoms with van der Waals surface area (Å²) in [5.41, 5.74) is 5.73. The summed E-state index contributed by atoms with van der Waals surface area (Å²) in [5, 5.41) is 4.05. The quantitative estimate of drug-likeness (QED) is 0.813. The molecule has 0 amide bonds. The van der Waals surface area contributed by atoms with Gasteiger partial charge in [0.1, 0.15) is 11.5 Å². The molecule has 0 radical (unpaired) electrons. The van der Waals surface area contributed by atoms with E-state index in [9.17, 15) is 0 Å². The molecule has 0 N–H and O–H groups in total. The van der Waals surface area contributed by atoms with Crippen molar-refractivity contribution in [2.45, 2.75) is 47.0 Å². The number of benzene rings is 1. The van der Waals surface area contributed by atoms with Gasteiger partial charge in [-0.25, -0.2) is 0 Å². The molecule has 108 valence electrons. The summed E-state index contributed by atoms with van der Waals surface area (Å²) >= 11 is 0. The Morgan fingerprint density at radius 1 is 1.25 bits per heavy atom. The van der Waals surface area contributed by atoms with E-state index in [1.165, 1.54) is 11.1 Å². The van der Waals surface area contributed by atoms with Crippen LogP contribution in [0.1, 0.15) is 49.3 Å². The van der Waals surface area contributed by atoms with Gasteiger partial charge in [0.2, 0.25) is 0 Å². The Labute approximate surface area is 120 Å². The third-order valence-electron chi connectivity index (χ3n) is 3.77. The average molecular weight is 273 g/mol. The molecule has 0 aliphatic heterocycles. The fraction of sp³-hybridized carbons (Fsp3) is 0.471. The monoisotopic (exact) mass is 273 g/mol. The molecule has 1 heterocycles. The first-order valence-electron chi connectivity index (χ1n) is 7.13. The van der Waals surface area contributed by atoms with Gasteiger partial charge in [-0.3, -0.25) is 0 Å². The molecule has 2 rings (SSSR count). The zero-order valence-corrected chi connectivity index (χ0v) is 13.2. The molecule has 20 heavy (non-hydrogen) atoms. The van der Waals surface area contributed by atoms with Gasteiger partial charge >= 0.3 is 0 Å². The first-order chi connectivity index (χ1) is 9.49. The highest BCUT2D eigenvalue weighted by Crippen LogP contribution is 2.38. The number of rotatable bonds is 4. The first-order valence-corrected chi connectivity index (χ1v) is 7.13. The molecule has 2 aromatic rings. The highest BCUT2D eigenvalue weighted by Gasteiger charge is 2.19. The van der Waals surface area contributed by atoms with Crippen LogP contribution in [0.15, 0.2) is 16.7 Å². The van der Waals surface area contributed by atoms with Crippen molar-refractivity contribution in [3.8, 4) is 16.9 Å². The van der Waals surface area contributed by atoms with Gasteiger partial charge in [-0.05, 0) is 49.4 Å². The van der Waals surface area contributed by atoms with Crippen molar-refractivity contribution in [2.24, 2.45) is 0 Å². The predicted molar refractivity (Wildman–Crippen MR) is 81.4 cm³/mol. The molecule has 0 bridgehead atoms. The fourth-order valence-corrected chi connectivity index (χ4v) is 2.71. The van der Waals surface area contributed by atoms with Crippen LogP contribution in [0.4, 0.5) is 0 Å². The van der Waals surface area contributed by atoms with Gasteiger partial charge in [-0.2, -0.15) is 0 Å². The minimum Gasteiger partial charge on any atom is -0.496 e. The molecule has 0 unspecified atom stereocenters. The second-order valence-corrected chi connectivity index (χ2v) is 5.46. The van der Waals surface area contributed by atoms with Crippen LogP contribution in [0.3, 0.4) is 0 Å². The normalized spacial score (nSPS) is 11.2. The van der Waals surface area contributed by atoms with Crippen LogP contribution in [0, 0.1) is 13.8 Å². The van der Waals surface area contributed by atoms with E-state index in [0.29, 0.717) is 5.92 Å². The number of methoxy groups -OCH3 is 1. The van der Waals surface area contributed by atoms with Gasteiger partial charge in [0.15, 0.2) is 0 Å². The number of hydrogen-bond acceptors (Lipinski definition) is 3.